The van der Waals surface area contributed by atoms with E-state index in [0.717, 1.165) is 25.7 Å². The van der Waals surface area contributed by atoms with Gasteiger partial charge in [0.15, 0.2) is 0 Å². The van der Waals surface area contributed by atoms with Gasteiger partial charge < -0.3 is 15.4 Å². The van der Waals surface area contributed by atoms with Crippen molar-refractivity contribution >= 4 is 17.5 Å². The fourth-order valence-electron chi connectivity index (χ4n) is 3.15. The molecule has 1 aliphatic rings. The maximum Gasteiger partial charge on any atom is 0.253 e. The molecule has 1 fully saturated rings. The first kappa shape index (κ1) is 19.1. The monoisotopic (exact) mass is 366 g/mol. The van der Waals surface area contributed by atoms with E-state index in [-0.39, 0.29) is 24.0 Å². The van der Waals surface area contributed by atoms with Crippen molar-refractivity contribution in [1.29, 1.82) is 0 Å². The molecule has 3 rings (SSSR count). The lowest BCUT2D eigenvalue weighted by Gasteiger charge is -2.15. The molecule has 0 radical (unpaired) electrons. The first-order valence-corrected chi connectivity index (χ1v) is 9.49. The number of ether oxygens (including phenoxy) is 1. The van der Waals surface area contributed by atoms with Crippen LogP contribution in [0.2, 0.25) is 0 Å². The van der Waals surface area contributed by atoms with Gasteiger partial charge in [0.1, 0.15) is 6.10 Å². The number of aryl methyl sites for hydroxylation is 1. The lowest BCUT2D eigenvalue weighted by atomic mass is 10.1. The Balaban J connectivity index is 1.52. The average Bonchev–Trinajstić information content (AvgIpc) is 3.22. The van der Waals surface area contributed by atoms with Gasteiger partial charge in [-0.05, 0) is 56.4 Å². The molecular weight excluding hydrogens is 340 g/mol. The van der Waals surface area contributed by atoms with Gasteiger partial charge in [-0.25, -0.2) is 0 Å². The average molecular weight is 366 g/mol. The second-order valence-electron chi connectivity index (χ2n) is 6.97. The molecular formula is C22H26N2O3. The van der Waals surface area contributed by atoms with Crippen LogP contribution in [-0.4, -0.2) is 30.6 Å². The molecule has 27 heavy (non-hydrogen) atoms. The molecule has 1 saturated heterocycles. The summed E-state index contributed by atoms with van der Waals surface area (Å²) in [5, 5.41) is 5.86. The van der Waals surface area contributed by atoms with Crippen molar-refractivity contribution in [2.45, 2.75) is 44.8 Å². The zero-order valence-corrected chi connectivity index (χ0v) is 15.6. The summed E-state index contributed by atoms with van der Waals surface area (Å²) in [5.41, 5.74) is 2.41. The van der Waals surface area contributed by atoms with Crippen molar-refractivity contribution < 1.29 is 14.3 Å². The van der Waals surface area contributed by atoms with Crippen LogP contribution in [0.3, 0.4) is 0 Å². The molecule has 5 nitrogen and oxygen atoms in total. The largest absolute Gasteiger partial charge is 0.368 e. The van der Waals surface area contributed by atoms with Gasteiger partial charge in [-0.15, -0.1) is 0 Å². The summed E-state index contributed by atoms with van der Waals surface area (Å²) >= 11 is 0. The van der Waals surface area contributed by atoms with E-state index in [4.69, 9.17) is 4.74 Å². The van der Waals surface area contributed by atoms with Crippen molar-refractivity contribution in [1.82, 2.24) is 5.32 Å². The summed E-state index contributed by atoms with van der Waals surface area (Å²) < 4.78 is 5.39. The third kappa shape index (κ3) is 5.66. The van der Waals surface area contributed by atoms with Gasteiger partial charge in [-0.3, -0.25) is 9.59 Å². The SMILES string of the molecule is CC(CCc1ccccc1)NC(=O)c1cccc(NC(=O)C2CCCO2)c1. The Labute approximate surface area is 160 Å². The van der Waals surface area contributed by atoms with E-state index in [9.17, 15) is 9.59 Å². The summed E-state index contributed by atoms with van der Waals surface area (Å²) in [6.45, 7) is 2.63. The van der Waals surface area contributed by atoms with Gasteiger partial charge >= 0.3 is 0 Å². The number of carbonyl (C=O) groups excluding carboxylic acids is 2. The maximum atomic E-state index is 12.5. The Kier molecular flexibility index (Phi) is 6.60. The van der Waals surface area contributed by atoms with Crippen LogP contribution >= 0.6 is 0 Å². The highest BCUT2D eigenvalue weighted by molar-refractivity contribution is 5.98. The van der Waals surface area contributed by atoms with Gasteiger partial charge in [-0.1, -0.05) is 36.4 Å². The van der Waals surface area contributed by atoms with Crippen LogP contribution in [0, 0.1) is 0 Å². The van der Waals surface area contributed by atoms with Crippen LogP contribution in [0.5, 0.6) is 0 Å². The smallest absolute Gasteiger partial charge is 0.253 e. The molecule has 0 spiro atoms. The van der Waals surface area contributed by atoms with Crippen molar-refractivity contribution in [3.8, 4) is 0 Å². The molecule has 2 amide bonds. The number of amides is 2. The summed E-state index contributed by atoms with van der Waals surface area (Å²) in [6, 6.07) is 17.3. The highest BCUT2D eigenvalue weighted by Gasteiger charge is 2.23. The van der Waals surface area contributed by atoms with Crippen molar-refractivity contribution in [2.75, 3.05) is 11.9 Å². The number of nitrogens with one attached hydrogen (secondary N) is 2. The maximum absolute atomic E-state index is 12.5. The van der Waals surface area contributed by atoms with Crippen LogP contribution < -0.4 is 10.6 Å². The Morgan fingerprint density at radius 1 is 1.15 bits per heavy atom. The van der Waals surface area contributed by atoms with Crippen LogP contribution in [0.1, 0.15) is 42.1 Å². The minimum Gasteiger partial charge on any atom is -0.368 e. The minimum absolute atomic E-state index is 0.0582. The Morgan fingerprint density at radius 3 is 2.70 bits per heavy atom. The molecule has 142 valence electrons. The topological polar surface area (TPSA) is 67.4 Å². The quantitative estimate of drug-likeness (QED) is 0.787. The van der Waals surface area contributed by atoms with Crippen LogP contribution in [0.15, 0.2) is 54.6 Å². The number of rotatable bonds is 7. The molecule has 2 aromatic rings. The van der Waals surface area contributed by atoms with E-state index in [0.29, 0.717) is 17.9 Å². The minimum atomic E-state index is -0.388. The van der Waals surface area contributed by atoms with Crippen molar-refractivity contribution in [3.05, 3.63) is 65.7 Å². The van der Waals surface area contributed by atoms with Crippen LogP contribution in [0.4, 0.5) is 5.69 Å². The molecule has 0 saturated carbocycles. The molecule has 1 aliphatic heterocycles. The predicted octanol–water partition coefficient (Wildman–Crippen LogP) is 3.56. The van der Waals surface area contributed by atoms with Crippen LogP contribution in [0.25, 0.3) is 0 Å². The first-order valence-electron chi connectivity index (χ1n) is 9.49. The molecule has 0 bridgehead atoms. The first-order chi connectivity index (χ1) is 13.1. The number of hydrogen-bond acceptors (Lipinski definition) is 3. The summed E-state index contributed by atoms with van der Waals surface area (Å²) in [6.07, 6.45) is 3.04. The van der Waals surface area contributed by atoms with Crippen molar-refractivity contribution in [3.63, 3.8) is 0 Å². The summed E-state index contributed by atoms with van der Waals surface area (Å²) in [7, 11) is 0. The van der Waals surface area contributed by atoms with Gasteiger partial charge in [0.25, 0.3) is 11.8 Å². The van der Waals surface area contributed by atoms with Gasteiger partial charge in [0.05, 0.1) is 0 Å². The molecule has 5 heteroatoms. The van der Waals surface area contributed by atoms with Gasteiger partial charge in [0.2, 0.25) is 0 Å². The third-order valence-electron chi connectivity index (χ3n) is 4.70. The van der Waals surface area contributed by atoms with E-state index in [1.54, 1.807) is 24.3 Å². The number of anilines is 1. The highest BCUT2D eigenvalue weighted by atomic mass is 16.5. The number of benzene rings is 2. The molecule has 0 aliphatic carbocycles. The lowest BCUT2D eigenvalue weighted by Crippen LogP contribution is -2.33. The highest BCUT2D eigenvalue weighted by Crippen LogP contribution is 2.16. The zero-order valence-electron chi connectivity index (χ0n) is 15.6. The van der Waals surface area contributed by atoms with E-state index in [1.165, 1.54) is 5.56 Å². The van der Waals surface area contributed by atoms with E-state index >= 15 is 0 Å². The van der Waals surface area contributed by atoms with Gasteiger partial charge in [0, 0.05) is 23.9 Å². The number of hydrogen-bond donors (Lipinski definition) is 2. The van der Waals surface area contributed by atoms with Crippen molar-refractivity contribution in [2.24, 2.45) is 0 Å². The molecule has 2 unspecified atom stereocenters. The molecule has 2 aromatic carbocycles. The molecule has 2 atom stereocenters. The van der Waals surface area contributed by atoms with Gasteiger partial charge in [-0.2, -0.15) is 0 Å². The van der Waals surface area contributed by atoms with E-state index < -0.39 is 0 Å². The van der Waals surface area contributed by atoms with E-state index in [1.807, 2.05) is 25.1 Å². The standard InChI is InChI=1S/C22H26N2O3/c1-16(12-13-17-7-3-2-4-8-17)23-21(25)18-9-5-10-19(15-18)24-22(26)20-11-6-14-27-20/h2-5,7-10,15-16,20H,6,11-14H2,1H3,(H,23,25)(H,24,26). The fourth-order valence-corrected chi connectivity index (χ4v) is 3.15. The Bertz CT molecular complexity index is 770. The predicted molar refractivity (Wildman–Crippen MR) is 106 cm³/mol. The Morgan fingerprint density at radius 2 is 1.96 bits per heavy atom. The number of carbonyl (C=O) groups is 2. The summed E-state index contributed by atoms with van der Waals surface area (Å²) in [5.74, 6) is -0.287. The molecule has 2 N–H and O–H groups in total. The lowest BCUT2D eigenvalue weighted by molar-refractivity contribution is -0.124. The third-order valence-corrected chi connectivity index (χ3v) is 4.70. The van der Waals surface area contributed by atoms with E-state index in [2.05, 4.69) is 22.8 Å². The summed E-state index contributed by atoms with van der Waals surface area (Å²) in [4.78, 5) is 24.7. The second kappa shape index (κ2) is 9.33. The zero-order chi connectivity index (χ0) is 19.1. The fraction of sp³-hybridized carbons (Fsp3) is 0.364. The Hall–Kier alpha value is -2.66. The second-order valence-corrected chi connectivity index (χ2v) is 6.97. The molecule has 0 aromatic heterocycles. The van der Waals surface area contributed by atoms with Crippen LogP contribution in [-0.2, 0) is 16.0 Å². The normalized spacial score (nSPS) is 17.3. The molecule has 1 heterocycles.